The molecule has 18 heavy (non-hydrogen) atoms. The van der Waals surface area contributed by atoms with Gasteiger partial charge in [0, 0.05) is 31.6 Å². The van der Waals surface area contributed by atoms with Crippen molar-refractivity contribution in [1.29, 1.82) is 0 Å². The molecule has 2 heterocycles. The molecule has 0 aliphatic carbocycles. The van der Waals surface area contributed by atoms with Crippen molar-refractivity contribution < 1.29 is 0 Å². The normalized spacial score (nSPS) is 20.6. The van der Waals surface area contributed by atoms with Crippen molar-refractivity contribution in [2.45, 2.75) is 6.04 Å². The molecule has 1 atom stereocenters. The highest BCUT2D eigenvalue weighted by Crippen LogP contribution is 2.32. The Morgan fingerprint density at radius 2 is 2.22 bits per heavy atom. The number of fused-ring (bicyclic) bond motifs is 1. The predicted molar refractivity (Wildman–Crippen MR) is 84.7 cm³/mol. The first kappa shape index (κ1) is 15.5. The highest BCUT2D eigenvalue weighted by molar-refractivity contribution is 8.14. The number of benzene rings is 1. The minimum absolute atomic E-state index is 0. The Labute approximate surface area is 124 Å². The summed E-state index contributed by atoms with van der Waals surface area (Å²) >= 11 is 1.88. The Bertz CT molecular complexity index is 439. The highest BCUT2D eigenvalue weighted by atomic mass is 35.5. The molecular formula is C12H17Cl2N3S. The third-order valence-electron chi connectivity index (χ3n) is 3.08. The number of anilines is 1. The molecule has 1 saturated heterocycles. The lowest BCUT2D eigenvalue weighted by molar-refractivity contribution is 0.464. The fourth-order valence-corrected chi connectivity index (χ4v) is 3.23. The molecule has 2 aliphatic rings. The summed E-state index contributed by atoms with van der Waals surface area (Å²) in [6, 6.07) is 8.87. The molecule has 0 spiro atoms. The Kier molecular flexibility index (Phi) is 5.63. The summed E-state index contributed by atoms with van der Waals surface area (Å²) < 4.78 is 0. The SMILES string of the molecule is CNc1cccc(C2CN3CCSC3=N2)c1.Cl.Cl. The number of amidine groups is 1. The van der Waals surface area contributed by atoms with E-state index in [1.165, 1.54) is 16.5 Å². The van der Waals surface area contributed by atoms with Gasteiger partial charge in [0.2, 0.25) is 0 Å². The van der Waals surface area contributed by atoms with Crippen molar-refractivity contribution in [2.75, 3.05) is 31.2 Å². The minimum Gasteiger partial charge on any atom is -0.388 e. The lowest BCUT2D eigenvalue weighted by Crippen LogP contribution is -2.21. The molecule has 0 radical (unpaired) electrons. The van der Waals surface area contributed by atoms with E-state index >= 15 is 0 Å². The quantitative estimate of drug-likeness (QED) is 0.910. The number of thioether (sulfide) groups is 1. The Balaban J connectivity index is 0.000000810. The zero-order valence-corrected chi connectivity index (χ0v) is 12.6. The number of nitrogens with one attached hydrogen (secondary N) is 1. The first-order valence-electron chi connectivity index (χ1n) is 5.60. The van der Waals surface area contributed by atoms with Crippen molar-refractivity contribution in [3.8, 4) is 0 Å². The van der Waals surface area contributed by atoms with Gasteiger partial charge in [-0.3, -0.25) is 4.99 Å². The summed E-state index contributed by atoms with van der Waals surface area (Å²) in [7, 11) is 1.95. The van der Waals surface area contributed by atoms with Crippen LogP contribution in [0.15, 0.2) is 29.3 Å². The van der Waals surface area contributed by atoms with E-state index in [0.29, 0.717) is 6.04 Å². The first-order chi connectivity index (χ1) is 7.86. The summed E-state index contributed by atoms with van der Waals surface area (Å²) in [6.07, 6.45) is 0. The smallest absolute Gasteiger partial charge is 0.160 e. The predicted octanol–water partition coefficient (Wildman–Crippen LogP) is 3.03. The Hall–Kier alpha value is -0.580. The van der Waals surface area contributed by atoms with Gasteiger partial charge in [-0.25, -0.2) is 0 Å². The van der Waals surface area contributed by atoms with Gasteiger partial charge in [-0.2, -0.15) is 0 Å². The maximum atomic E-state index is 4.77. The van der Waals surface area contributed by atoms with E-state index in [-0.39, 0.29) is 24.8 Å². The average Bonchev–Trinajstić information content (AvgIpc) is 2.89. The van der Waals surface area contributed by atoms with E-state index in [0.717, 1.165) is 18.8 Å². The fraction of sp³-hybridized carbons (Fsp3) is 0.417. The number of rotatable bonds is 2. The topological polar surface area (TPSA) is 27.6 Å². The van der Waals surface area contributed by atoms with E-state index in [4.69, 9.17) is 4.99 Å². The maximum absolute atomic E-state index is 4.77. The third kappa shape index (κ3) is 2.87. The number of hydrogen-bond donors (Lipinski definition) is 1. The second kappa shape index (κ2) is 6.55. The Morgan fingerprint density at radius 1 is 1.39 bits per heavy atom. The lowest BCUT2D eigenvalue weighted by atomic mass is 10.1. The molecule has 3 rings (SSSR count). The third-order valence-corrected chi connectivity index (χ3v) is 4.09. The zero-order chi connectivity index (χ0) is 11.0. The van der Waals surface area contributed by atoms with E-state index in [1.807, 2.05) is 18.8 Å². The summed E-state index contributed by atoms with van der Waals surface area (Å²) in [6.45, 7) is 2.21. The number of hydrogen-bond acceptors (Lipinski definition) is 4. The molecule has 2 aliphatic heterocycles. The molecule has 6 heteroatoms. The highest BCUT2D eigenvalue weighted by Gasteiger charge is 2.30. The van der Waals surface area contributed by atoms with Crippen LogP contribution in [0.3, 0.4) is 0 Å². The number of halogens is 2. The zero-order valence-electron chi connectivity index (χ0n) is 10.1. The van der Waals surface area contributed by atoms with Crippen LogP contribution in [-0.4, -0.2) is 36.0 Å². The van der Waals surface area contributed by atoms with Crippen LogP contribution in [0.5, 0.6) is 0 Å². The molecular weight excluding hydrogens is 289 g/mol. The van der Waals surface area contributed by atoms with Gasteiger partial charge in [0.15, 0.2) is 5.17 Å². The van der Waals surface area contributed by atoms with Gasteiger partial charge in [0.25, 0.3) is 0 Å². The molecule has 0 aromatic heterocycles. The van der Waals surface area contributed by atoms with Gasteiger partial charge in [-0.1, -0.05) is 23.9 Å². The Morgan fingerprint density at radius 3 is 2.94 bits per heavy atom. The van der Waals surface area contributed by atoms with Gasteiger partial charge in [0.1, 0.15) is 0 Å². The van der Waals surface area contributed by atoms with Crippen molar-refractivity contribution in [2.24, 2.45) is 4.99 Å². The van der Waals surface area contributed by atoms with Crippen LogP contribution < -0.4 is 5.32 Å². The van der Waals surface area contributed by atoms with Crippen LogP contribution in [-0.2, 0) is 0 Å². The number of aliphatic imine (C=N–C) groups is 1. The van der Waals surface area contributed by atoms with Crippen molar-refractivity contribution in [3.63, 3.8) is 0 Å². The fourth-order valence-electron chi connectivity index (χ4n) is 2.19. The second-order valence-corrected chi connectivity index (χ2v) is 5.16. The largest absolute Gasteiger partial charge is 0.388 e. The average molecular weight is 306 g/mol. The van der Waals surface area contributed by atoms with Gasteiger partial charge in [-0.15, -0.1) is 24.8 Å². The van der Waals surface area contributed by atoms with Crippen LogP contribution in [0.4, 0.5) is 5.69 Å². The lowest BCUT2D eigenvalue weighted by Gasteiger charge is -2.13. The second-order valence-electron chi connectivity index (χ2n) is 4.10. The first-order valence-corrected chi connectivity index (χ1v) is 6.58. The molecule has 1 aromatic carbocycles. The molecule has 0 saturated carbocycles. The molecule has 1 unspecified atom stereocenters. The monoisotopic (exact) mass is 305 g/mol. The van der Waals surface area contributed by atoms with Gasteiger partial charge < -0.3 is 10.2 Å². The number of nitrogens with zero attached hydrogens (tertiary/aromatic N) is 2. The van der Waals surface area contributed by atoms with E-state index in [9.17, 15) is 0 Å². The molecule has 0 bridgehead atoms. The molecule has 100 valence electrons. The van der Waals surface area contributed by atoms with Crippen molar-refractivity contribution in [3.05, 3.63) is 29.8 Å². The van der Waals surface area contributed by atoms with Crippen molar-refractivity contribution >= 4 is 47.4 Å². The van der Waals surface area contributed by atoms with Crippen LogP contribution in [0.2, 0.25) is 0 Å². The molecule has 1 fully saturated rings. The van der Waals surface area contributed by atoms with E-state index in [2.05, 4.69) is 34.5 Å². The molecule has 1 N–H and O–H groups in total. The summed E-state index contributed by atoms with van der Waals surface area (Å²) in [5.41, 5.74) is 2.48. The van der Waals surface area contributed by atoms with E-state index in [1.54, 1.807) is 0 Å². The standard InChI is InChI=1S/C12H15N3S.2ClH/c1-13-10-4-2-3-9(7-10)11-8-15-5-6-16-12(15)14-11;;/h2-4,7,11,13H,5-6,8H2,1H3;2*1H. The van der Waals surface area contributed by atoms with Crippen LogP contribution >= 0.6 is 36.6 Å². The summed E-state index contributed by atoms with van der Waals surface area (Å²) in [4.78, 5) is 7.16. The van der Waals surface area contributed by atoms with Gasteiger partial charge >= 0.3 is 0 Å². The summed E-state index contributed by atoms with van der Waals surface area (Å²) in [5.74, 6) is 1.20. The molecule has 1 aromatic rings. The van der Waals surface area contributed by atoms with E-state index < -0.39 is 0 Å². The minimum atomic E-state index is 0. The summed E-state index contributed by atoms with van der Waals surface area (Å²) in [5, 5.41) is 4.41. The van der Waals surface area contributed by atoms with Crippen LogP contribution in [0.25, 0.3) is 0 Å². The van der Waals surface area contributed by atoms with Crippen LogP contribution in [0, 0.1) is 0 Å². The van der Waals surface area contributed by atoms with Gasteiger partial charge in [-0.05, 0) is 17.7 Å². The molecule has 0 amide bonds. The molecule has 3 nitrogen and oxygen atoms in total. The van der Waals surface area contributed by atoms with Gasteiger partial charge in [0.05, 0.1) is 6.04 Å². The van der Waals surface area contributed by atoms with Crippen LogP contribution in [0.1, 0.15) is 11.6 Å². The van der Waals surface area contributed by atoms with Crippen molar-refractivity contribution in [1.82, 2.24) is 4.90 Å². The maximum Gasteiger partial charge on any atom is 0.160 e.